The molecule has 6 N–H and O–H groups in total. The zero-order valence-corrected chi connectivity index (χ0v) is 39.1. The van der Waals surface area contributed by atoms with E-state index in [4.69, 9.17) is 33.1 Å². The lowest BCUT2D eigenvalue weighted by Crippen LogP contribution is -2.55. The fraction of sp³-hybridized carbons (Fsp3) is 0.950. The van der Waals surface area contributed by atoms with E-state index in [1.165, 1.54) is 62.0 Å². The smallest absolute Gasteiger partial charge is 0.280 e. The molecule has 2 amide bonds. The second-order valence-electron chi connectivity index (χ2n) is 17.4. The van der Waals surface area contributed by atoms with Crippen molar-refractivity contribution in [2.45, 2.75) is 222 Å². The molecule has 0 spiro atoms. The molecule has 0 radical (unpaired) electrons. The van der Waals surface area contributed by atoms with Gasteiger partial charge in [-0.25, -0.2) is 10.9 Å². The molecule has 3 aliphatic carbocycles. The number of hydrogen-bond acceptors (Lipinski definition) is 14. The van der Waals surface area contributed by atoms with Gasteiger partial charge >= 0.3 is 0 Å². The van der Waals surface area contributed by atoms with Gasteiger partial charge in [0, 0.05) is 10.00 Å². The summed E-state index contributed by atoms with van der Waals surface area (Å²) in [6.07, 6.45) is 21.6. The third-order valence-electron chi connectivity index (χ3n) is 12.0. The van der Waals surface area contributed by atoms with Gasteiger partial charge in [-0.1, -0.05) is 103 Å². The van der Waals surface area contributed by atoms with Crippen LogP contribution in [-0.2, 0) is 0 Å². The SMILES string of the molecule is CCCCCC(N=NC1CCCCC1C)NC(S)NNC(=O)SC1CCC(C(C)(C)SC(=O)NNC(S)NC(C)(CCCCC)N=NC2CCCCC2C)CC1. The molecule has 12 nitrogen and oxygen atoms in total. The second kappa shape index (κ2) is 26.6. The maximum absolute atomic E-state index is 13.1. The third kappa shape index (κ3) is 19.2. The van der Waals surface area contributed by atoms with Crippen molar-refractivity contribution in [3.63, 3.8) is 0 Å². The number of azo groups is 2. The van der Waals surface area contributed by atoms with Crippen LogP contribution < -0.4 is 32.3 Å². The van der Waals surface area contributed by atoms with E-state index in [2.05, 4.69) is 93.4 Å². The molecule has 324 valence electrons. The lowest BCUT2D eigenvalue weighted by Gasteiger charge is -2.38. The summed E-state index contributed by atoms with van der Waals surface area (Å²) in [7, 11) is 0. The number of nitrogens with zero attached hydrogens (tertiary/aromatic N) is 4. The van der Waals surface area contributed by atoms with Crippen molar-refractivity contribution in [2.24, 2.45) is 38.2 Å². The third-order valence-corrected chi connectivity index (χ3v) is 14.8. The maximum atomic E-state index is 13.1. The van der Waals surface area contributed by atoms with E-state index in [-0.39, 0.29) is 32.7 Å². The molecule has 3 fully saturated rings. The van der Waals surface area contributed by atoms with Crippen LogP contribution in [0.2, 0.25) is 0 Å². The standard InChI is InChI=1S/C40H78N10O2S4/c1-8-10-12-22-34(45-43-32-20-15-13-18-28(32)3)41-35(53)46-48-37(51)55-31-25-23-30(24-26-31)39(5,6)56-38(52)49-47-36(54)42-40(7,27-17-11-9-2)50-44-33-21-16-14-19-29(33)4/h28-36,41-42,46-47,53-54H,8-27H2,1-7H3,(H,48,51)(H,49,52). The molecule has 0 bridgehead atoms. The summed E-state index contributed by atoms with van der Waals surface area (Å²) in [5.74, 6) is 1.48. The van der Waals surface area contributed by atoms with Gasteiger partial charge in [-0.15, -0.1) is 25.3 Å². The summed E-state index contributed by atoms with van der Waals surface area (Å²) in [6.45, 7) is 15.3. The van der Waals surface area contributed by atoms with E-state index in [9.17, 15) is 9.59 Å². The van der Waals surface area contributed by atoms with E-state index in [1.54, 1.807) is 0 Å². The van der Waals surface area contributed by atoms with Gasteiger partial charge < -0.3 is 0 Å². The van der Waals surface area contributed by atoms with Crippen molar-refractivity contribution < 1.29 is 9.59 Å². The van der Waals surface area contributed by atoms with Crippen LogP contribution in [-0.4, -0.2) is 55.4 Å². The Morgan fingerprint density at radius 2 is 1.30 bits per heavy atom. The summed E-state index contributed by atoms with van der Waals surface area (Å²) in [4.78, 5) is 26.0. The minimum absolute atomic E-state index is 0.116. The Bertz CT molecular complexity index is 1190. The summed E-state index contributed by atoms with van der Waals surface area (Å²) < 4.78 is -0.269. The van der Waals surface area contributed by atoms with Crippen molar-refractivity contribution in [1.29, 1.82) is 0 Å². The quantitative estimate of drug-likeness (QED) is 0.0166. The van der Waals surface area contributed by atoms with Crippen LogP contribution in [0.15, 0.2) is 20.5 Å². The van der Waals surface area contributed by atoms with E-state index in [0.29, 0.717) is 23.8 Å². The van der Waals surface area contributed by atoms with Gasteiger partial charge in [0.05, 0.1) is 12.1 Å². The van der Waals surface area contributed by atoms with Crippen molar-refractivity contribution in [1.82, 2.24) is 32.3 Å². The number of rotatable bonds is 23. The molecule has 0 aromatic heterocycles. The molecule has 3 rings (SSSR count). The molecule has 8 atom stereocenters. The highest BCUT2D eigenvalue weighted by atomic mass is 32.2. The average molecular weight is 859 g/mol. The average Bonchev–Trinajstić information content (AvgIpc) is 3.16. The Kier molecular flexibility index (Phi) is 23.6. The number of unbranched alkanes of at least 4 members (excludes halogenated alkanes) is 4. The highest BCUT2D eigenvalue weighted by Gasteiger charge is 2.37. The van der Waals surface area contributed by atoms with Gasteiger partial charge in [0.2, 0.25) is 0 Å². The number of carbonyl (C=O) groups excluding carboxylic acids is 2. The molecule has 0 aromatic rings. The Morgan fingerprint density at radius 3 is 1.93 bits per heavy atom. The lowest BCUT2D eigenvalue weighted by molar-refractivity contribution is 0.244. The molecule has 0 aromatic carbocycles. The van der Waals surface area contributed by atoms with Crippen LogP contribution in [0, 0.1) is 17.8 Å². The number of thiol groups is 2. The number of nitrogens with one attached hydrogen (secondary N) is 6. The topological polar surface area (TPSA) is 156 Å². The number of amides is 2. The first-order chi connectivity index (χ1) is 26.7. The highest BCUT2D eigenvalue weighted by Crippen LogP contribution is 2.43. The van der Waals surface area contributed by atoms with E-state index in [0.717, 1.165) is 89.9 Å². The van der Waals surface area contributed by atoms with E-state index < -0.39 is 16.7 Å². The second-order valence-corrected chi connectivity index (χ2v) is 21.3. The molecular formula is C40H78N10O2S4. The molecule has 3 saturated carbocycles. The maximum Gasteiger partial charge on any atom is 0.293 e. The fourth-order valence-electron chi connectivity index (χ4n) is 8.15. The Morgan fingerprint density at radius 1 is 0.732 bits per heavy atom. The molecule has 0 heterocycles. The number of carbonyl (C=O) groups is 2. The van der Waals surface area contributed by atoms with E-state index in [1.807, 2.05) is 0 Å². The van der Waals surface area contributed by atoms with Crippen LogP contribution in [0.5, 0.6) is 0 Å². The molecule has 8 unspecified atom stereocenters. The molecule has 56 heavy (non-hydrogen) atoms. The zero-order valence-electron chi connectivity index (χ0n) is 35.7. The minimum Gasteiger partial charge on any atom is -0.280 e. The predicted octanol–water partition coefficient (Wildman–Crippen LogP) is 11.1. The first kappa shape index (κ1) is 49.7. The molecular weight excluding hydrogens is 781 g/mol. The normalized spacial score (nSPS) is 27.8. The summed E-state index contributed by atoms with van der Waals surface area (Å²) in [5, 5.41) is 25.9. The van der Waals surface area contributed by atoms with Gasteiger partial charge in [0.15, 0.2) is 0 Å². The number of thioether (sulfide) groups is 2. The van der Waals surface area contributed by atoms with Gasteiger partial charge in [-0.05, 0) is 116 Å². The van der Waals surface area contributed by atoms with Crippen molar-refractivity contribution in [3.05, 3.63) is 0 Å². The minimum atomic E-state index is -0.575. The zero-order chi connectivity index (χ0) is 41.0. The van der Waals surface area contributed by atoms with Crippen LogP contribution >= 0.6 is 48.8 Å². The Labute approximate surface area is 359 Å². The monoisotopic (exact) mass is 859 g/mol. The number of hydrogen-bond donors (Lipinski definition) is 8. The van der Waals surface area contributed by atoms with Crippen molar-refractivity contribution >= 4 is 59.3 Å². The molecule has 16 heteroatoms. The van der Waals surface area contributed by atoms with Gasteiger partial charge in [0.1, 0.15) is 22.8 Å². The van der Waals surface area contributed by atoms with Gasteiger partial charge in [0.25, 0.3) is 10.5 Å². The van der Waals surface area contributed by atoms with Crippen LogP contribution in [0.1, 0.15) is 177 Å². The number of hydrazine groups is 2. The lowest BCUT2D eigenvalue weighted by atomic mass is 9.81. The highest BCUT2D eigenvalue weighted by molar-refractivity contribution is 8.14. The molecule has 0 aliphatic heterocycles. The van der Waals surface area contributed by atoms with Crippen LogP contribution in [0.3, 0.4) is 0 Å². The first-order valence-electron chi connectivity index (χ1n) is 21.9. The summed E-state index contributed by atoms with van der Waals surface area (Å²) in [5.41, 5.74) is 10.2. The summed E-state index contributed by atoms with van der Waals surface area (Å²) >= 11 is 12.0. The van der Waals surface area contributed by atoms with Crippen molar-refractivity contribution in [2.75, 3.05) is 0 Å². The summed E-state index contributed by atoms with van der Waals surface area (Å²) in [6, 6.07) is 0.567. The molecule has 0 saturated heterocycles. The molecule has 3 aliphatic rings. The fourth-order valence-corrected chi connectivity index (χ4v) is 10.6. The predicted molar refractivity (Wildman–Crippen MR) is 243 cm³/mol. The first-order valence-corrected chi connectivity index (χ1v) is 24.6. The van der Waals surface area contributed by atoms with Gasteiger partial charge in [-0.2, -0.15) is 20.5 Å². The van der Waals surface area contributed by atoms with Gasteiger partial charge in [-0.3, -0.25) is 31.1 Å². The van der Waals surface area contributed by atoms with E-state index >= 15 is 0 Å². The Hall–Kier alpha value is -0.620. The van der Waals surface area contributed by atoms with Crippen molar-refractivity contribution in [3.8, 4) is 0 Å². The Balaban J connectivity index is 1.38. The van der Waals surface area contributed by atoms with Crippen LogP contribution in [0.4, 0.5) is 9.59 Å². The van der Waals surface area contributed by atoms with Crippen LogP contribution in [0.25, 0.3) is 0 Å². The largest absolute Gasteiger partial charge is 0.293 e.